The van der Waals surface area contributed by atoms with Crippen LogP contribution in [0.15, 0.2) is 34.9 Å². The molecule has 2 heterocycles. The van der Waals surface area contributed by atoms with E-state index in [1.165, 1.54) is 6.20 Å². The number of imide groups is 2. The van der Waals surface area contributed by atoms with Gasteiger partial charge in [0.05, 0.1) is 6.20 Å². The van der Waals surface area contributed by atoms with Crippen LogP contribution in [0.5, 0.6) is 0 Å². The first-order chi connectivity index (χ1) is 11.9. The second kappa shape index (κ2) is 6.68. The summed E-state index contributed by atoms with van der Waals surface area (Å²) in [5.74, 6) is -0.957. The van der Waals surface area contributed by atoms with Crippen LogP contribution in [0.3, 0.4) is 0 Å². The van der Waals surface area contributed by atoms with Crippen molar-refractivity contribution >= 4 is 29.4 Å². The lowest BCUT2D eigenvalue weighted by molar-refractivity contribution is -0.143. The van der Waals surface area contributed by atoms with Crippen molar-refractivity contribution in [2.45, 2.75) is 20.4 Å². The molecular formula is C17H16ClN3O4. The lowest BCUT2D eigenvalue weighted by Gasteiger charge is -2.16. The van der Waals surface area contributed by atoms with Crippen LogP contribution in [-0.2, 0) is 16.1 Å². The number of oxazole rings is 1. The molecule has 0 spiro atoms. The molecule has 0 atom stereocenters. The molecule has 0 N–H and O–H groups in total. The summed E-state index contributed by atoms with van der Waals surface area (Å²) in [4.78, 5) is 42.2. The van der Waals surface area contributed by atoms with Crippen molar-refractivity contribution in [2.75, 3.05) is 6.54 Å². The number of hydrogen-bond donors (Lipinski definition) is 0. The van der Waals surface area contributed by atoms with Crippen LogP contribution in [0.4, 0.5) is 4.79 Å². The highest BCUT2D eigenvalue weighted by atomic mass is 35.5. The molecule has 0 unspecified atom stereocenters. The molecule has 0 saturated carbocycles. The number of halogens is 1. The summed E-state index contributed by atoms with van der Waals surface area (Å²) in [5, 5.41) is 0.598. The van der Waals surface area contributed by atoms with E-state index in [0.29, 0.717) is 10.8 Å². The number of carbonyl (C=O) groups excluding carboxylic acids is 3. The standard InChI is InChI=1S/C17H16ClN3O4/c1-10(2)8-20-15(22)16(23)21(17(20)24)9-14-19-7-13(25-14)11-3-5-12(18)6-4-11/h3-7,10H,8-9H2,1-2H3. The fourth-order valence-electron chi connectivity index (χ4n) is 2.48. The highest BCUT2D eigenvalue weighted by Gasteiger charge is 2.45. The molecule has 130 valence electrons. The van der Waals surface area contributed by atoms with Gasteiger partial charge in [0.25, 0.3) is 0 Å². The average Bonchev–Trinajstić information content (AvgIpc) is 3.11. The van der Waals surface area contributed by atoms with E-state index in [-0.39, 0.29) is 24.9 Å². The van der Waals surface area contributed by atoms with Crippen molar-refractivity contribution in [3.05, 3.63) is 41.4 Å². The molecule has 1 aromatic heterocycles. The van der Waals surface area contributed by atoms with Crippen LogP contribution in [-0.4, -0.2) is 39.2 Å². The maximum atomic E-state index is 12.3. The third kappa shape index (κ3) is 3.41. The maximum Gasteiger partial charge on any atom is 0.334 e. The zero-order valence-electron chi connectivity index (χ0n) is 13.7. The van der Waals surface area contributed by atoms with Gasteiger partial charge >= 0.3 is 17.8 Å². The van der Waals surface area contributed by atoms with Gasteiger partial charge in [-0.1, -0.05) is 25.4 Å². The van der Waals surface area contributed by atoms with Crippen molar-refractivity contribution < 1.29 is 18.8 Å². The van der Waals surface area contributed by atoms with Crippen molar-refractivity contribution in [1.82, 2.24) is 14.8 Å². The lowest BCUT2D eigenvalue weighted by atomic mass is 10.2. The van der Waals surface area contributed by atoms with Gasteiger partial charge in [-0.15, -0.1) is 0 Å². The van der Waals surface area contributed by atoms with E-state index in [0.717, 1.165) is 15.4 Å². The van der Waals surface area contributed by atoms with Crippen LogP contribution in [0.2, 0.25) is 5.02 Å². The fraction of sp³-hybridized carbons (Fsp3) is 0.294. The quantitative estimate of drug-likeness (QED) is 0.604. The first kappa shape index (κ1) is 17.2. The minimum absolute atomic E-state index is 0.0684. The molecule has 25 heavy (non-hydrogen) atoms. The number of rotatable bonds is 5. The van der Waals surface area contributed by atoms with Gasteiger partial charge in [-0.05, 0) is 30.2 Å². The zero-order valence-corrected chi connectivity index (χ0v) is 14.5. The molecule has 1 fully saturated rings. The van der Waals surface area contributed by atoms with E-state index < -0.39 is 17.8 Å². The van der Waals surface area contributed by atoms with Crippen molar-refractivity contribution in [3.63, 3.8) is 0 Å². The van der Waals surface area contributed by atoms with Gasteiger partial charge in [-0.2, -0.15) is 0 Å². The summed E-state index contributed by atoms with van der Waals surface area (Å²) in [5.41, 5.74) is 0.764. The largest absolute Gasteiger partial charge is 0.439 e. The van der Waals surface area contributed by atoms with Crippen molar-refractivity contribution in [1.29, 1.82) is 0 Å². The third-order valence-electron chi connectivity index (χ3n) is 3.66. The predicted octanol–water partition coefficient (Wildman–Crippen LogP) is 2.94. The summed E-state index contributed by atoms with van der Waals surface area (Å²) in [6, 6.07) is 6.33. The molecule has 1 aliphatic rings. The monoisotopic (exact) mass is 361 g/mol. The summed E-state index contributed by atoms with van der Waals surface area (Å²) < 4.78 is 5.59. The molecule has 3 rings (SSSR count). The number of urea groups is 1. The minimum atomic E-state index is -0.864. The van der Waals surface area contributed by atoms with Crippen molar-refractivity contribution in [3.8, 4) is 11.3 Å². The molecule has 8 heteroatoms. The number of nitrogens with zero attached hydrogens (tertiary/aromatic N) is 3. The van der Waals surface area contributed by atoms with E-state index in [1.54, 1.807) is 24.3 Å². The highest BCUT2D eigenvalue weighted by molar-refractivity contribution is 6.44. The van der Waals surface area contributed by atoms with Crippen LogP contribution in [0.25, 0.3) is 11.3 Å². The van der Waals surface area contributed by atoms with E-state index in [2.05, 4.69) is 4.98 Å². The Kier molecular flexibility index (Phi) is 4.59. The van der Waals surface area contributed by atoms with Gasteiger partial charge in [-0.25, -0.2) is 14.7 Å². The molecule has 0 radical (unpaired) electrons. The maximum absolute atomic E-state index is 12.3. The van der Waals surface area contributed by atoms with Gasteiger partial charge in [-0.3, -0.25) is 14.5 Å². The SMILES string of the molecule is CC(C)CN1C(=O)C(=O)N(Cc2ncc(-c3ccc(Cl)cc3)o2)C1=O. The van der Waals surface area contributed by atoms with Crippen LogP contribution in [0.1, 0.15) is 19.7 Å². The topological polar surface area (TPSA) is 83.7 Å². The zero-order chi connectivity index (χ0) is 18.1. The number of aromatic nitrogens is 1. The summed E-state index contributed by atoms with van der Waals surface area (Å²) in [6.45, 7) is 3.73. The van der Waals surface area contributed by atoms with E-state index >= 15 is 0 Å². The number of hydrogen-bond acceptors (Lipinski definition) is 5. The first-order valence-electron chi connectivity index (χ1n) is 7.74. The Morgan fingerprint density at radius 1 is 1.08 bits per heavy atom. The smallest absolute Gasteiger partial charge is 0.334 e. The lowest BCUT2D eigenvalue weighted by Crippen LogP contribution is -2.35. The van der Waals surface area contributed by atoms with Gasteiger partial charge in [0.2, 0.25) is 5.89 Å². The number of carbonyl (C=O) groups is 3. The molecule has 1 aliphatic heterocycles. The van der Waals surface area contributed by atoms with Crippen LogP contribution in [0, 0.1) is 5.92 Å². The minimum Gasteiger partial charge on any atom is -0.439 e. The Morgan fingerprint density at radius 2 is 1.72 bits per heavy atom. The van der Waals surface area contributed by atoms with Crippen LogP contribution >= 0.6 is 11.6 Å². The molecule has 7 nitrogen and oxygen atoms in total. The first-order valence-corrected chi connectivity index (χ1v) is 8.12. The summed E-state index contributed by atoms with van der Waals surface area (Å²) >= 11 is 5.85. The van der Waals surface area contributed by atoms with E-state index in [4.69, 9.17) is 16.0 Å². The predicted molar refractivity (Wildman–Crippen MR) is 89.4 cm³/mol. The normalized spacial score (nSPS) is 15.0. The van der Waals surface area contributed by atoms with Gasteiger partial charge in [0.1, 0.15) is 6.54 Å². The summed E-state index contributed by atoms with van der Waals surface area (Å²) in [6.07, 6.45) is 1.50. The van der Waals surface area contributed by atoms with E-state index in [9.17, 15) is 14.4 Å². The molecule has 0 bridgehead atoms. The fourth-order valence-corrected chi connectivity index (χ4v) is 2.61. The average molecular weight is 362 g/mol. The molecule has 1 saturated heterocycles. The Labute approximate surface area is 149 Å². The van der Waals surface area contributed by atoms with Crippen molar-refractivity contribution in [2.24, 2.45) is 5.92 Å². The van der Waals surface area contributed by atoms with Gasteiger partial charge in [0.15, 0.2) is 5.76 Å². The Hall–Kier alpha value is -2.67. The summed E-state index contributed by atoms with van der Waals surface area (Å²) in [7, 11) is 0. The molecule has 2 aromatic rings. The van der Waals surface area contributed by atoms with Crippen LogP contribution < -0.4 is 0 Å². The second-order valence-electron chi connectivity index (χ2n) is 6.11. The molecule has 0 aliphatic carbocycles. The Bertz CT molecular complexity index is 829. The molecule has 4 amide bonds. The highest BCUT2D eigenvalue weighted by Crippen LogP contribution is 2.24. The third-order valence-corrected chi connectivity index (χ3v) is 3.91. The van der Waals surface area contributed by atoms with Gasteiger partial charge in [0, 0.05) is 17.1 Å². The molecular weight excluding hydrogens is 346 g/mol. The van der Waals surface area contributed by atoms with E-state index in [1.807, 2.05) is 13.8 Å². The second-order valence-corrected chi connectivity index (χ2v) is 6.55. The molecule has 1 aromatic carbocycles. The van der Waals surface area contributed by atoms with Gasteiger partial charge < -0.3 is 4.42 Å². The Balaban J connectivity index is 1.76. The number of benzene rings is 1. The number of amides is 4. The Morgan fingerprint density at radius 3 is 2.36 bits per heavy atom.